The van der Waals surface area contributed by atoms with Crippen molar-refractivity contribution in [2.75, 3.05) is 0 Å². The second-order valence-electron chi connectivity index (χ2n) is 6.89. The normalized spacial score (nSPS) is 14.8. The molecule has 1 aromatic carbocycles. The average Bonchev–Trinajstić information content (AvgIpc) is 3.12. The van der Waals surface area contributed by atoms with Crippen LogP contribution < -0.4 is 5.32 Å². The maximum Gasteiger partial charge on any atom is 0.141 e. The first-order valence-electron chi connectivity index (χ1n) is 8.97. The van der Waals surface area contributed by atoms with E-state index >= 15 is 0 Å². The molecule has 0 bridgehead atoms. The Labute approximate surface area is 159 Å². The van der Waals surface area contributed by atoms with Crippen LogP contribution in [0.25, 0.3) is 16.9 Å². The van der Waals surface area contributed by atoms with E-state index in [9.17, 15) is 5.11 Å². The van der Waals surface area contributed by atoms with E-state index in [4.69, 9.17) is 0 Å². The highest BCUT2D eigenvalue weighted by molar-refractivity contribution is 5.62. The van der Waals surface area contributed by atoms with Gasteiger partial charge in [0.1, 0.15) is 11.4 Å². The van der Waals surface area contributed by atoms with Crippen molar-refractivity contribution in [2.45, 2.75) is 25.6 Å². The van der Waals surface area contributed by atoms with Crippen LogP contribution in [0.15, 0.2) is 79.4 Å². The number of aliphatic hydroxyl groups is 1. The molecule has 0 aliphatic carbocycles. The summed E-state index contributed by atoms with van der Waals surface area (Å²) >= 11 is 0. The van der Waals surface area contributed by atoms with Crippen molar-refractivity contribution >= 4 is 5.65 Å². The largest absolute Gasteiger partial charge is 0.372 e. The van der Waals surface area contributed by atoms with E-state index in [-0.39, 0.29) is 7.47 Å². The second-order valence-corrected chi connectivity index (χ2v) is 6.89. The number of aromatic nitrogens is 3. The summed E-state index contributed by atoms with van der Waals surface area (Å²) in [6.45, 7) is 3.79. The standard InChI is InChI=1S/C22H22N4O.H2/c1-16(17-10-12-23-13-11-17)25-22(2,27)19-8-9-21-24-20(15-26(21)14-19)18-6-4-3-5-7-18;/h3-16,25,27H,1-2H3;1H. The maximum absolute atomic E-state index is 11.0. The molecule has 5 heteroatoms. The zero-order valence-electron chi connectivity index (χ0n) is 15.4. The quantitative estimate of drug-likeness (QED) is 0.525. The Morgan fingerprint density at radius 1 is 1.04 bits per heavy atom. The summed E-state index contributed by atoms with van der Waals surface area (Å²) in [5, 5.41) is 14.3. The molecule has 2 unspecified atom stereocenters. The summed E-state index contributed by atoms with van der Waals surface area (Å²) < 4.78 is 1.95. The van der Waals surface area contributed by atoms with Crippen molar-refractivity contribution < 1.29 is 6.53 Å². The van der Waals surface area contributed by atoms with Crippen LogP contribution >= 0.6 is 0 Å². The van der Waals surface area contributed by atoms with E-state index in [1.807, 2.05) is 78.3 Å². The van der Waals surface area contributed by atoms with Crippen molar-refractivity contribution in [2.24, 2.45) is 0 Å². The monoisotopic (exact) mass is 360 g/mol. The first-order chi connectivity index (χ1) is 13.0. The van der Waals surface area contributed by atoms with Gasteiger partial charge in [-0.05, 0) is 43.7 Å². The van der Waals surface area contributed by atoms with E-state index in [1.54, 1.807) is 19.3 Å². The molecule has 2 atom stereocenters. The summed E-state index contributed by atoms with van der Waals surface area (Å²) in [7, 11) is 0. The number of rotatable bonds is 5. The van der Waals surface area contributed by atoms with E-state index in [0.717, 1.165) is 28.0 Å². The number of hydrogen-bond donors (Lipinski definition) is 2. The Morgan fingerprint density at radius 3 is 2.52 bits per heavy atom. The van der Waals surface area contributed by atoms with Crippen LogP contribution in [0, 0.1) is 0 Å². The molecule has 0 fully saturated rings. The Kier molecular flexibility index (Phi) is 4.48. The average molecular weight is 360 g/mol. The molecule has 0 amide bonds. The number of fused-ring (bicyclic) bond motifs is 1. The van der Waals surface area contributed by atoms with Gasteiger partial charge in [0, 0.05) is 43.4 Å². The molecular weight excluding hydrogens is 336 g/mol. The van der Waals surface area contributed by atoms with E-state index in [0.29, 0.717) is 0 Å². The van der Waals surface area contributed by atoms with Crippen LogP contribution in [0.3, 0.4) is 0 Å². The second kappa shape index (κ2) is 6.95. The molecule has 0 saturated heterocycles. The minimum absolute atomic E-state index is 0. The van der Waals surface area contributed by atoms with Crippen molar-refractivity contribution in [3.8, 4) is 11.3 Å². The van der Waals surface area contributed by atoms with Crippen LogP contribution in [0.5, 0.6) is 0 Å². The van der Waals surface area contributed by atoms with Gasteiger partial charge in [0.2, 0.25) is 0 Å². The molecular formula is C22H24N4O. The van der Waals surface area contributed by atoms with Gasteiger partial charge in [0.05, 0.1) is 5.69 Å². The van der Waals surface area contributed by atoms with Gasteiger partial charge < -0.3 is 9.51 Å². The van der Waals surface area contributed by atoms with Crippen LogP contribution in [-0.4, -0.2) is 19.5 Å². The van der Waals surface area contributed by atoms with E-state index in [2.05, 4.69) is 15.3 Å². The Morgan fingerprint density at radius 2 is 1.78 bits per heavy atom. The van der Waals surface area contributed by atoms with Crippen LogP contribution in [0.4, 0.5) is 0 Å². The molecule has 27 heavy (non-hydrogen) atoms. The summed E-state index contributed by atoms with van der Waals surface area (Å²) in [6, 6.07) is 17.8. The summed E-state index contributed by atoms with van der Waals surface area (Å²) in [6.07, 6.45) is 7.41. The van der Waals surface area contributed by atoms with Crippen LogP contribution in [-0.2, 0) is 5.72 Å². The van der Waals surface area contributed by atoms with Gasteiger partial charge in [-0.3, -0.25) is 10.3 Å². The lowest BCUT2D eigenvalue weighted by Gasteiger charge is -2.29. The third kappa shape index (κ3) is 3.60. The molecule has 0 saturated carbocycles. The van der Waals surface area contributed by atoms with Crippen LogP contribution in [0.1, 0.15) is 32.4 Å². The molecule has 138 valence electrons. The Hall–Kier alpha value is -3.02. The maximum atomic E-state index is 11.0. The molecule has 2 N–H and O–H groups in total. The fourth-order valence-electron chi connectivity index (χ4n) is 3.27. The van der Waals surface area contributed by atoms with Gasteiger partial charge in [-0.2, -0.15) is 0 Å². The number of benzene rings is 1. The highest BCUT2D eigenvalue weighted by Gasteiger charge is 2.26. The predicted octanol–water partition coefficient (Wildman–Crippen LogP) is 4.16. The van der Waals surface area contributed by atoms with Gasteiger partial charge in [-0.25, -0.2) is 4.98 Å². The molecule has 0 aliphatic rings. The van der Waals surface area contributed by atoms with Gasteiger partial charge in [0.15, 0.2) is 0 Å². The lowest BCUT2D eigenvalue weighted by atomic mass is 10.0. The van der Waals surface area contributed by atoms with Gasteiger partial charge in [-0.1, -0.05) is 30.3 Å². The molecule has 5 nitrogen and oxygen atoms in total. The van der Waals surface area contributed by atoms with Gasteiger partial charge in [-0.15, -0.1) is 0 Å². The topological polar surface area (TPSA) is 62.5 Å². The molecule has 0 spiro atoms. The predicted molar refractivity (Wildman–Crippen MR) is 108 cm³/mol. The molecule has 0 aliphatic heterocycles. The minimum Gasteiger partial charge on any atom is -0.372 e. The molecule has 4 aromatic rings. The third-order valence-electron chi connectivity index (χ3n) is 4.79. The highest BCUT2D eigenvalue weighted by atomic mass is 16.3. The summed E-state index contributed by atoms with van der Waals surface area (Å²) in [4.78, 5) is 8.71. The molecule has 0 radical (unpaired) electrons. The summed E-state index contributed by atoms with van der Waals surface area (Å²) in [5.74, 6) is 0. The third-order valence-corrected chi connectivity index (χ3v) is 4.79. The SMILES string of the molecule is CC(NC(C)(O)c1ccc2nc(-c3ccccc3)cn2c1)c1ccncc1.[HH]. The lowest BCUT2D eigenvalue weighted by molar-refractivity contribution is 0.00894. The van der Waals surface area contributed by atoms with Gasteiger partial charge in [0.25, 0.3) is 0 Å². The number of hydrogen-bond acceptors (Lipinski definition) is 4. The highest BCUT2D eigenvalue weighted by Crippen LogP contribution is 2.25. The number of imidazole rings is 1. The lowest BCUT2D eigenvalue weighted by Crippen LogP contribution is -2.41. The fraction of sp³-hybridized carbons (Fsp3) is 0.182. The molecule has 3 aromatic heterocycles. The number of nitrogens with zero attached hydrogens (tertiary/aromatic N) is 3. The Bertz CT molecular complexity index is 1050. The zero-order valence-corrected chi connectivity index (χ0v) is 15.4. The first kappa shape index (κ1) is 17.4. The van der Waals surface area contributed by atoms with Crippen molar-refractivity contribution in [1.82, 2.24) is 19.7 Å². The van der Waals surface area contributed by atoms with Crippen molar-refractivity contribution in [3.63, 3.8) is 0 Å². The zero-order chi connectivity index (χ0) is 18.9. The van der Waals surface area contributed by atoms with Crippen LogP contribution in [0.2, 0.25) is 0 Å². The van der Waals surface area contributed by atoms with Gasteiger partial charge >= 0.3 is 0 Å². The smallest absolute Gasteiger partial charge is 0.141 e. The number of nitrogens with one attached hydrogen (secondary N) is 1. The first-order valence-corrected chi connectivity index (χ1v) is 8.97. The fourth-order valence-corrected chi connectivity index (χ4v) is 3.27. The van der Waals surface area contributed by atoms with Crippen molar-refractivity contribution in [1.29, 1.82) is 0 Å². The molecule has 4 rings (SSSR count). The molecule has 3 heterocycles. The number of pyridine rings is 2. The van der Waals surface area contributed by atoms with E-state index in [1.165, 1.54) is 0 Å². The van der Waals surface area contributed by atoms with Crippen molar-refractivity contribution in [3.05, 3.63) is 90.5 Å². The Balaban J connectivity index is 0.00000225. The van der Waals surface area contributed by atoms with E-state index < -0.39 is 5.72 Å². The minimum atomic E-state index is -1.19. The summed E-state index contributed by atoms with van der Waals surface area (Å²) in [5.41, 5.74) is 3.47.